The van der Waals surface area contributed by atoms with Crippen LogP contribution >= 0.6 is 0 Å². The van der Waals surface area contributed by atoms with Crippen LogP contribution in [0.25, 0.3) is 11.0 Å². The van der Waals surface area contributed by atoms with E-state index in [2.05, 4.69) is 0 Å². The van der Waals surface area contributed by atoms with Gasteiger partial charge in [0.05, 0.1) is 12.0 Å². The Morgan fingerprint density at radius 3 is 2.23 bits per heavy atom. The summed E-state index contributed by atoms with van der Waals surface area (Å²) in [6, 6.07) is 14.3. The highest BCUT2D eigenvalue weighted by atomic mass is 32.2. The third-order valence-electron chi connectivity index (χ3n) is 3.27. The largest absolute Gasteiger partial charge is 0.497 e. The minimum atomic E-state index is -3.73. The summed E-state index contributed by atoms with van der Waals surface area (Å²) in [4.78, 5) is 20.9. The summed E-state index contributed by atoms with van der Waals surface area (Å²) in [5.74, 6) is 0.910. The van der Waals surface area contributed by atoms with E-state index in [1.54, 1.807) is 7.11 Å². The summed E-state index contributed by atoms with van der Waals surface area (Å²) >= 11 is 0. The number of non-ortho nitro benzene ring substituents is 1. The normalized spacial score (nSPS) is 10.7. The Hall–Kier alpha value is -3.20. The van der Waals surface area contributed by atoms with Crippen molar-refractivity contribution in [3.05, 3.63) is 75.1 Å². The van der Waals surface area contributed by atoms with E-state index in [9.17, 15) is 23.3 Å². The van der Waals surface area contributed by atoms with Gasteiger partial charge < -0.3 is 9.15 Å². The number of nitrogens with zero attached hydrogens (tertiary/aromatic N) is 1. The maximum atomic E-state index is 11.4. The highest BCUT2D eigenvalue weighted by molar-refractivity contribution is 7.90. The molecule has 0 aliphatic heterocycles. The van der Waals surface area contributed by atoms with Crippen molar-refractivity contribution in [1.82, 2.24) is 0 Å². The first-order chi connectivity index (χ1) is 12.2. The zero-order chi connectivity index (χ0) is 19.3. The third-order valence-corrected chi connectivity index (χ3v) is 4.36. The molecule has 0 spiro atoms. The SMILES string of the molecule is COc1ccccc1.CS(=O)(=O)c1cc2cc([N+](=O)[O-])ccc2oc1=O. The molecule has 0 aliphatic carbocycles. The highest BCUT2D eigenvalue weighted by Gasteiger charge is 2.16. The second kappa shape index (κ2) is 7.79. The predicted octanol–water partition coefficient (Wildman–Crippen LogP) is 2.80. The average Bonchev–Trinajstić information content (AvgIpc) is 2.61. The molecule has 0 aliphatic rings. The van der Waals surface area contributed by atoms with Gasteiger partial charge in [-0.2, -0.15) is 0 Å². The van der Waals surface area contributed by atoms with E-state index >= 15 is 0 Å². The minimum absolute atomic E-state index is 0.0954. The molecule has 9 heteroatoms. The van der Waals surface area contributed by atoms with Crippen LogP contribution in [0, 0.1) is 10.1 Å². The Morgan fingerprint density at radius 2 is 1.73 bits per heavy atom. The lowest BCUT2D eigenvalue weighted by atomic mass is 10.2. The van der Waals surface area contributed by atoms with Gasteiger partial charge in [0, 0.05) is 23.8 Å². The molecule has 0 unspecified atom stereocenters. The van der Waals surface area contributed by atoms with Gasteiger partial charge in [-0.05, 0) is 24.3 Å². The quantitative estimate of drug-likeness (QED) is 0.391. The molecule has 0 saturated heterocycles. The number of ether oxygens (including phenoxy) is 1. The summed E-state index contributed by atoms with van der Waals surface area (Å²) in [5, 5.41) is 10.8. The zero-order valence-electron chi connectivity index (χ0n) is 13.9. The second-order valence-electron chi connectivity index (χ2n) is 5.17. The summed E-state index contributed by atoms with van der Waals surface area (Å²) in [6.45, 7) is 0. The van der Waals surface area contributed by atoms with Gasteiger partial charge in [0.15, 0.2) is 14.7 Å². The van der Waals surface area contributed by atoms with E-state index in [0.717, 1.165) is 24.1 Å². The van der Waals surface area contributed by atoms with Crippen molar-refractivity contribution in [2.45, 2.75) is 4.90 Å². The zero-order valence-corrected chi connectivity index (χ0v) is 14.7. The fourth-order valence-corrected chi connectivity index (χ4v) is 2.71. The van der Waals surface area contributed by atoms with E-state index in [4.69, 9.17) is 9.15 Å². The van der Waals surface area contributed by atoms with Gasteiger partial charge in [-0.15, -0.1) is 0 Å². The second-order valence-corrected chi connectivity index (χ2v) is 7.15. The van der Waals surface area contributed by atoms with Crippen LogP contribution in [0.5, 0.6) is 5.75 Å². The van der Waals surface area contributed by atoms with Crippen molar-refractivity contribution in [2.75, 3.05) is 13.4 Å². The molecule has 0 fully saturated rings. The molecule has 0 bridgehead atoms. The van der Waals surface area contributed by atoms with Gasteiger partial charge >= 0.3 is 5.63 Å². The molecule has 136 valence electrons. The number of hydrogen-bond donors (Lipinski definition) is 0. The number of benzene rings is 2. The molecule has 2 aromatic carbocycles. The number of sulfone groups is 1. The molecule has 0 saturated carbocycles. The van der Waals surface area contributed by atoms with Gasteiger partial charge in [0.1, 0.15) is 11.3 Å². The van der Waals surface area contributed by atoms with Crippen molar-refractivity contribution in [3.8, 4) is 5.75 Å². The van der Waals surface area contributed by atoms with Crippen molar-refractivity contribution in [2.24, 2.45) is 0 Å². The predicted molar refractivity (Wildman–Crippen MR) is 95.2 cm³/mol. The fraction of sp³-hybridized carbons (Fsp3) is 0.118. The first-order valence-corrected chi connectivity index (χ1v) is 9.13. The monoisotopic (exact) mass is 377 g/mol. The summed E-state index contributed by atoms with van der Waals surface area (Å²) < 4.78 is 32.4. The van der Waals surface area contributed by atoms with Crippen molar-refractivity contribution in [3.63, 3.8) is 0 Å². The summed E-state index contributed by atoms with van der Waals surface area (Å²) in [6.07, 6.45) is 0.864. The number of rotatable bonds is 3. The number of fused-ring (bicyclic) bond motifs is 1. The van der Waals surface area contributed by atoms with Crippen molar-refractivity contribution >= 4 is 26.5 Å². The molecule has 26 heavy (non-hydrogen) atoms. The Labute approximate surface area is 148 Å². The van der Waals surface area contributed by atoms with Crippen LogP contribution in [0.2, 0.25) is 0 Å². The lowest BCUT2D eigenvalue weighted by Crippen LogP contribution is -2.12. The molecular formula is C17H15NO7S. The van der Waals surface area contributed by atoms with E-state index in [-0.39, 0.29) is 16.7 Å². The van der Waals surface area contributed by atoms with Gasteiger partial charge in [0.2, 0.25) is 0 Å². The molecule has 0 atom stereocenters. The van der Waals surface area contributed by atoms with Gasteiger partial charge in [-0.1, -0.05) is 18.2 Å². The van der Waals surface area contributed by atoms with Crippen molar-refractivity contribution < 1.29 is 22.5 Å². The van der Waals surface area contributed by atoms with E-state index < -0.39 is 25.3 Å². The van der Waals surface area contributed by atoms with Gasteiger partial charge in [-0.25, -0.2) is 13.2 Å². The number of nitro benzene ring substituents is 1. The van der Waals surface area contributed by atoms with E-state index in [1.165, 1.54) is 12.1 Å². The van der Waals surface area contributed by atoms with Crippen LogP contribution in [0.1, 0.15) is 0 Å². The number of para-hydroxylation sites is 1. The van der Waals surface area contributed by atoms with E-state index in [0.29, 0.717) is 0 Å². The molecular weight excluding hydrogens is 362 g/mol. The van der Waals surface area contributed by atoms with Gasteiger partial charge in [0.25, 0.3) is 5.69 Å². The van der Waals surface area contributed by atoms with Gasteiger partial charge in [-0.3, -0.25) is 10.1 Å². The third kappa shape index (κ3) is 4.67. The van der Waals surface area contributed by atoms with Crippen LogP contribution < -0.4 is 10.4 Å². The first kappa shape index (κ1) is 19.1. The fourth-order valence-electron chi connectivity index (χ4n) is 2.02. The van der Waals surface area contributed by atoms with E-state index in [1.807, 2.05) is 30.3 Å². The molecule has 3 aromatic rings. The Balaban J connectivity index is 0.000000254. The maximum Gasteiger partial charge on any atom is 0.355 e. The van der Waals surface area contributed by atoms with Crippen LogP contribution in [0.3, 0.4) is 0 Å². The number of methoxy groups -OCH3 is 1. The lowest BCUT2D eigenvalue weighted by Gasteiger charge is -2.00. The summed E-state index contributed by atoms with van der Waals surface area (Å²) in [5.41, 5.74) is -1.10. The molecule has 0 amide bonds. The molecule has 1 aromatic heterocycles. The lowest BCUT2D eigenvalue weighted by molar-refractivity contribution is -0.384. The maximum absolute atomic E-state index is 11.4. The van der Waals surface area contributed by atoms with Crippen molar-refractivity contribution in [1.29, 1.82) is 0 Å². The van der Waals surface area contributed by atoms with Crippen LogP contribution in [-0.2, 0) is 9.84 Å². The Morgan fingerprint density at radius 1 is 1.08 bits per heavy atom. The number of nitro groups is 1. The molecule has 8 nitrogen and oxygen atoms in total. The smallest absolute Gasteiger partial charge is 0.355 e. The Kier molecular flexibility index (Phi) is 5.73. The minimum Gasteiger partial charge on any atom is -0.497 e. The topological polar surface area (TPSA) is 117 Å². The first-order valence-electron chi connectivity index (χ1n) is 7.24. The highest BCUT2D eigenvalue weighted by Crippen LogP contribution is 2.21. The van der Waals surface area contributed by atoms with Crippen LogP contribution in [0.4, 0.5) is 5.69 Å². The average molecular weight is 377 g/mol. The summed E-state index contributed by atoms with van der Waals surface area (Å²) in [7, 11) is -2.07. The molecule has 0 radical (unpaired) electrons. The number of hydrogen-bond acceptors (Lipinski definition) is 7. The van der Waals surface area contributed by atoms with Crippen LogP contribution in [0.15, 0.2) is 68.7 Å². The molecule has 1 heterocycles. The standard InChI is InChI=1S/C10H7NO6S.C7H8O/c1-18(15,16)9-5-6-4-7(11(13)14)2-3-8(6)17-10(9)12;1-8-7-5-3-2-4-6-7/h2-5H,1H3;2-6H,1H3. The Bertz CT molecular complexity index is 1090. The molecule has 3 rings (SSSR count). The van der Waals surface area contributed by atoms with Crippen LogP contribution in [-0.4, -0.2) is 26.7 Å². The molecule has 0 N–H and O–H groups in total.